The Hall–Kier alpha value is -3.81. The summed E-state index contributed by atoms with van der Waals surface area (Å²) in [6, 6.07) is 19.6. The summed E-state index contributed by atoms with van der Waals surface area (Å²) in [5.74, 6) is 1.36. The fourth-order valence-electron chi connectivity index (χ4n) is 6.24. The number of aromatic nitrogens is 2. The van der Waals surface area contributed by atoms with Crippen LogP contribution in [0.3, 0.4) is 0 Å². The molecule has 1 aliphatic rings. The number of carbonyl (C=O) groups is 2. The molecule has 0 radical (unpaired) electrons. The van der Waals surface area contributed by atoms with Gasteiger partial charge in [-0.3, -0.25) is 4.79 Å². The number of nitrogens with zero attached hydrogens (tertiary/aromatic N) is 2. The molecule has 0 saturated heterocycles. The van der Waals surface area contributed by atoms with Crippen molar-refractivity contribution < 1.29 is 19.4 Å². The summed E-state index contributed by atoms with van der Waals surface area (Å²) in [7, 11) is 0. The number of amides is 1. The van der Waals surface area contributed by atoms with Gasteiger partial charge in [0.1, 0.15) is 18.2 Å². The third-order valence-electron chi connectivity index (χ3n) is 9.16. The van der Waals surface area contributed by atoms with Gasteiger partial charge < -0.3 is 19.7 Å². The highest BCUT2D eigenvalue weighted by Crippen LogP contribution is 2.34. The van der Waals surface area contributed by atoms with Crippen LogP contribution < -0.4 is 10.1 Å². The summed E-state index contributed by atoms with van der Waals surface area (Å²) in [6.07, 6.45) is 9.77. The molecule has 2 N–H and O–H groups in total. The first-order chi connectivity index (χ1) is 22.7. The van der Waals surface area contributed by atoms with E-state index in [2.05, 4.69) is 23.7 Å². The SMILES string of the molecule is CCCCn1cc(-c2ccc(Cl)cc2Cl)nc1[C@H](Cc1ccc(OCc2ccc(C(=O)O)cc2)cc1)NC(=O)C1CCC(CC)CC1. The largest absolute Gasteiger partial charge is 0.489 e. The van der Waals surface area contributed by atoms with Crippen molar-refractivity contribution in [2.24, 2.45) is 11.8 Å². The Morgan fingerprint density at radius 1 is 0.979 bits per heavy atom. The number of carboxylic acids is 1. The lowest BCUT2D eigenvalue weighted by Crippen LogP contribution is -2.37. The van der Waals surface area contributed by atoms with Crippen LogP contribution in [-0.4, -0.2) is 26.5 Å². The second kappa shape index (κ2) is 16.3. The number of unbranched alkanes of at least 4 members (excludes halogenated alkanes) is 1. The molecule has 1 fully saturated rings. The summed E-state index contributed by atoms with van der Waals surface area (Å²) in [4.78, 5) is 30.0. The van der Waals surface area contributed by atoms with Crippen molar-refractivity contribution in [1.29, 1.82) is 0 Å². The number of carboxylic acid groups (broad SMARTS) is 1. The molecule has 0 bridgehead atoms. The van der Waals surface area contributed by atoms with E-state index in [4.69, 9.17) is 38.0 Å². The van der Waals surface area contributed by atoms with Gasteiger partial charge >= 0.3 is 5.97 Å². The molecule has 3 aromatic carbocycles. The van der Waals surface area contributed by atoms with E-state index in [-0.39, 0.29) is 23.4 Å². The Kier molecular flexibility index (Phi) is 12.0. The van der Waals surface area contributed by atoms with Crippen molar-refractivity contribution in [2.45, 2.75) is 84.4 Å². The fourth-order valence-corrected chi connectivity index (χ4v) is 6.75. The average Bonchev–Trinajstić information content (AvgIpc) is 3.50. The zero-order chi connectivity index (χ0) is 33.3. The second-order valence-corrected chi connectivity index (χ2v) is 13.3. The van der Waals surface area contributed by atoms with Gasteiger partial charge in [0.15, 0.2) is 0 Å². The lowest BCUT2D eigenvalue weighted by molar-refractivity contribution is -0.127. The standard InChI is InChI=1S/C38H43Cl2N3O4/c1-3-5-20-43-23-35(32-19-16-30(39)22-33(32)40)41-36(43)34(42-37(44)28-12-6-25(4-2)7-13-28)21-26-10-17-31(18-11-26)47-24-27-8-14-29(15-9-27)38(45)46/h8-11,14-19,22-23,25,28,34H,3-7,12-13,20-21,24H2,1-2H3,(H,42,44)(H,45,46)/t25?,28?,34-/m0/s1. The molecule has 1 aliphatic carbocycles. The first kappa shape index (κ1) is 34.5. The number of hydrogen-bond donors (Lipinski definition) is 2. The van der Waals surface area contributed by atoms with Gasteiger partial charge in [-0.1, -0.05) is 74.2 Å². The number of benzene rings is 3. The quantitative estimate of drug-likeness (QED) is 0.139. The number of rotatable bonds is 14. The van der Waals surface area contributed by atoms with Gasteiger partial charge in [0.2, 0.25) is 5.91 Å². The molecule has 5 rings (SSSR count). The minimum absolute atomic E-state index is 0.00451. The van der Waals surface area contributed by atoms with Crippen molar-refractivity contribution in [3.8, 4) is 17.0 Å². The van der Waals surface area contributed by atoms with Crippen molar-refractivity contribution in [2.75, 3.05) is 0 Å². The lowest BCUT2D eigenvalue weighted by Gasteiger charge is -2.29. The minimum atomic E-state index is -0.954. The van der Waals surface area contributed by atoms with Crippen LogP contribution in [0.4, 0.5) is 0 Å². The molecular formula is C38H43Cl2N3O4. The summed E-state index contributed by atoms with van der Waals surface area (Å²) >= 11 is 12.8. The van der Waals surface area contributed by atoms with Crippen LogP contribution in [0.25, 0.3) is 11.3 Å². The number of aromatic carboxylic acids is 1. The van der Waals surface area contributed by atoms with E-state index in [0.29, 0.717) is 34.7 Å². The zero-order valence-corrected chi connectivity index (χ0v) is 28.6. The second-order valence-electron chi connectivity index (χ2n) is 12.5. The Morgan fingerprint density at radius 3 is 2.32 bits per heavy atom. The van der Waals surface area contributed by atoms with Crippen LogP contribution in [0.1, 0.15) is 92.1 Å². The van der Waals surface area contributed by atoms with Gasteiger partial charge in [0.05, 0.1) is 22.3 Å². The van der Waals surface area contributed by atoms with Gasteiger partial charge in [-0.25, -0.2) is 9.78 Å². The van der Waals surface area contributed by atoms with Gasteiger partial charge in [0.25, 0.3) is 0 Å². The van der Waals surface area contributed by atoms with E-state index in [1.165, 1.54) is 6.42 Å². The van der Waals surface area contributed by atoms with E-state index >= 15 is 0 Å². The van der Waals surface area contributed by atoms with E-state index in [9.17, 15) is 9.59 Å². The normalized spacial score (nSPS) is 16.9. The zero-order valence-electron chi connectivity index (χ0n) is 27.1. The van der Waals surface area contributed by atoms with Crippen molar-refractivity contribution >= 4 is 35.1 Å². The molecule has 1 aromatic heterocycles. The highest BCUT2D eigenvalue weighted by molar-refractivity contribution is 6.36. The number of hydrogen-bond acceptors (Lipinski definition) is 4. The third-order valence-corrected chi connectivity index (χ3v) is 9.71. The topological polar surface area (TPSA) is 93.5 Å². The molecule has 47 heavy (non-hydrogen) atoms. The van der Waals surface area contributed by atoms with Gasteiger partial charge in [0, 0.05) is 29.2 Å². The number of carbonyl (C=O) groups excluding carboxylic acids is 1. The highest BCUT2D eigenvalue weighted by Gasteiger charge is 2.29. The van der Waals surface area contributed by atoms with Crippen LogP contribution in [0.2, 0.25) is 10.0 Å². The van der Waals surface area contributed by atoms with Crippen LogP contribution in [0.5, 0.6) is 5.75 Å². The van der Waals surface area contributed by atoms with Gasteiger partial charge in [-0.05, 0) is 98.0 Å². The fraction of sp³-hybridized carbons (Fsp3) is 0.395. The van der Waals surface area contributed by atoms with Crippen LogP contribution in [-0.2, 0) is 24.4 Å². The Labute approximate surface area is 287 Å². The number of imidazole rings is 1. The number of halogens is 2. The molecule has 4 aromatic rings. The molecule has 1 saturated carbocycles. The maximum Gasteiger partial charge on any atom is 0.335 e. The molecular weight excluding hydrogens is 633 g/mol. The van der Waals surface area contributed by atoms with Crippen LogP contribution in [0.15, 0.2) is 72.9 Å². The Morgan fingerprint density at radius 2 is 1.68 bits per heavy atom. The molecule has 9 heteroatoms. The molecule has 0 aliphatic heterocycles. The first-order valence-corrected chi connectivity index (χ1v) is 17.4. The number of aryl methyl sites for hydroxylation is 1. The lowest BCUT2D eigenvalue weighted by atomic mass is 9.80. The smallest absolute Gasteiger partial charge is 0.335 e. The predicted molar refractivity (Wildman–Crippen MR) is 187 cm³/mol. The summed E-state index contributed by atoms with van der Waals surface area (Å²) in [5, 5.41) is 13.6. The third kappa shape index (κ3) is 9.17. The number of nitrogens with one attached hydrogen (secondary N) is 1. The summed E-state index contributed by atoms with van der Waals surface area (Å²) < 4.78 is 8.14. The average molecular weight is 677 g/mol. The minimum Gasteiger partial charge on any atom is -0.489 e. The Balaban J connectivity index is 1.38. The van der Waals surface area contributed by atoms with E-state index in [0.717, 1.165) is 73.3 Å². The van der Waals surface area contributed by atoms with E-state index in [1.807, 2.05) is 42.6 Å². The maximum absolute atomic E-state index is 13.8. The van der Waals surface area contributed by atoms with Crippen molar-refractivity contribution in [1.82, 2.24) is 14.9 Å². The monoisotopic (exact) mass is 675 g/mol. The van der Waals surface area contributed by atoms with Gasteiger partial charge in [-0.15, -0.1) is 0 Å². The Bertz CT molecular complexity index is 1640. The highest BCUT2D eigenvalue weighted by atomic mass is 35.5. The molecule has 1 atom stereocenters. The van der Waals surface area contributed by atoms with Crippen LogP contribution in [0, 0.1) is 11.8 Å². The van der Waals surface area contributed by atoms with Gasteiger partial charge in [-0.2, -0.15) is 0 Å². The molecule has 1 heterocycles. The molecule has 0 unspecified atom stereocenters. The van der Waals surface area contributed by atoms with E-state index in [1.54, 1.807) is 30.3 Å². The molecule has 248 valence electrons. The molecule has 7 nitrogen and oxygen atoms in total. The van der Waals surface area contributed by atoms with E-state index < -0.39 is 5.97 Å². The molecule has 0 spiro atoms. The first-order valence-electron chi connectivity index (χ1n) is 16.6. The maximum atomic E-state index is 13.8. The predicted octanol–water partition coefficient (Wildman–Crippen LogP) is 9.55. The summed E-state index contributed by atoms with van der Waals surface area (Å²) in [5.41, 5.74) is 3.71. The molecule has 1 amide bonds. The van der Waals surface area contributed by atoms with Crippen molar-refractivity contribution in [3.63, 3.8) is 0 Å². The summed E-state index contributed by atoms with van der Waals surface area (Å²) in [6.45, 7) is 5.49. The van der Waals surface area contributed by atoms with Crippen molar-refractivity contribution in [3.05, 3.63) is 105 Å². The van der Waals surface area contributed by atoms with Crippen LogP contribution >= 0.6 is 23.2 Å². The number of ether oxygens (including phenoxy) is 1.